The summed E-state index contributed by atoms with van der Waals surface area (Å²) in [5.41, 5.74) is 1.65. The lowest BCUT2D eigenvalue weighted by Gasteiger charge is -2.33. The van der Waals surface area contributed by atoms with Gasteiger partial charge in [-0.3, -0.25) is 9.89 Å². The van der Waals surface area contributed by atoms with Gasteiger partial charge in [-0.05, 0) is 48.2 Å². The van der Waals surface area contributed by atoms with Crippen LogP contribution in [0.5, 0.6) is 17.2 Å². The van der Waals surface area contributed by atoms with Crippen molar-refractivity contribution in [3.05, 3.63) is 53.1 Å². The molecule has 1 heterocycles. The molecule has 1 saturated heterocycles. The Balaban J connectivity index is 0.00000385. The number of likely N-dealkylation sites (tertiary alicyclic amines) is 1. The summed E-state index contributed by atoms with van der Waals surface area (Å²) in [6.07, 6.45) is 1.82. The zero-order chi connectivity index (χ0) is 23.1. The number of piperidine rings is 1. The largest absolute Gasteiger partial charge is 0.502 e. The number of ether oxygens (including phenoxy) is 2. The monoisotopic (exact) mass is 576 g/mol. The van der Waals surface area contributed by atoms with Gasteiger partial charge in [-0.2, -0.15) is 0 Å². The number of nitrogens with one attached hydrogen (secondary N) is 2. The second kappa shape index (κ2) is 12.8. The van der Waals surface area contributed by atoms with Crippen LogP contribution in [0.1, 0.15) is 24.0 Å². The minimum absolute atomic E-state index is 0. The van der Waals surface area contributed by atoms with Crippen LogP contribution in [-0.2, 0) is 13.1 Å². The van der Waals surface area contributed by atoms with Crippen LogP contribution in [0, 0.1) is 11.6 Å². The number of methoxy groups -OCH3 is 2. The number of guanidine groups is 1. The van der Waals surface area contributed by atoms with Crippen LogP contribution in [0.15, 0.2) is 35.3 Å². The Labute approximate surface area is 210 Å². The van der Waals surface area contributed by atoms with Crippen LogP contribution in [0.2, 0.25) is 0 Å². The smallest absolute Gasteiger partial charge is 0.200 e. The molecule has 3 rings (SSSR count). The first-order valence-electron chi connectivity index (χ1n) is 10.5. The fourth-order valence-electron chi connectivity index (χ4n) is 3.76. The second-order valence-corrected chi connectivity index (χ2v) is 7.72. The average Bonchev–Trinajstić information content (AvgIpc) is 2.80. The highest BCUT2D eigenvalue weighted by atomic mass is 127. The SMILES string of the molecule is CN=C(NCc1cc(OC)c(O)c(OC)c1)NC1CCN(Cc2ccc(F)c(F)c2)CC1.I. The van der Waals surface area contributed by atoms with Gasteiger partial charge >= 0.3 is 0 Å². The van der Waals surface area contributed by atoms with Gasteiger partial charge in [0.25, 0.3) is 0 Å². The van der Waals surface area contributed by atoms with E-state index in [0.29, 0.717) is 30.5 Å². The molecule has 0 spiro atoms. The highest BCUT2D eigenvalue weighted by molar-refractivity contribution is 14.0. The first-order chi connectivity index (χ1) is 15.4. The van der Waals surface area contributed by atoms with Crippen molar-refractivity contribution in [2.24, 2.45) is 4.99 Å². The van der Waals surface area contributed by atoms with Gasteiger partial charge in [0.05, 0.1) is 14.2 Å². The fourth-order valence-corrected chi connectivity index (χ4v) is 3.76. The predicted molar refractivity (Wildman–Crippen MR) is 135 cm³/mol. The summed E-state index contributed by atoms with van der Waals surface area (Å²) in [6, 6.07) is 7.81. The molecule has 0 amide bonds. The van der Waals surface area contributed by atoms with Crippen LogP contribution < -0.4 is 20.1 Å². The second-order valence-electron chi connectivity index (χ2n) is 7.72. The Morgan fingerprint density at radius 3 is 2.24 bits per heavy atom. The Morgan fingerprint density at radius 2 is 1.70 bits per heavy atom. The lowest BCUT2D eigenvalue weighted by Crippen LogP contribution is -2.48. The van der Waals surface area contributed by atoms with Crippen LogP contribution in [-0.4, -0.2) is 56.4 Å². The molecule has 0 unspecified atom stereocenters. The number of nitrogens with zero attached hydrogens (tertiary/aromatic N) is 2. The van der Waals surface area contributed by atoms with E-state index in [0.717, 1.165) is 37.1 Å². The molecular formula is C23H31F2IN4O3. The number of phenols is 1. The van der Waals surface area contributed by atoms with Crippen molar-refractivity contribution in [2.45, 2.75) is 32.0 Å². The highest BCUT2D eigenvalue weighted by Crippen LogP contribution is 2.37. The Morgan fingerprint density at radius 1 is 1.06 bits per heavy atom. The molecule has 0 aromatic heterocycles. The van der Waals surface area contributed by atoms with Gasteiger partial charge in [0.15, 0.2) is 29.1 Å². The van der Waals surface area contributed by atoms with Gasteiger partial charge in [-0.15, -0.1) is 24.0 Å². The number of halogens is 3. The maximum absolute atomic E-state index is 13.4. The molecule has 10 heteroatoms. The molecule has 0 radical (unpaired) electrons. The summed E-state index contributed by atoms with van der Waals surface area (Å²) < 4.78 is 36.9. The lowest BCUT2D eigenvalue weighted by atomic mass is 10.0. The van der Waals surface area contributed by atoms with E-state index in [1.54, 1.807) is 25.2 Å². The third-order valence-corrected chi connectivity index (χ3v) is 5.54. The van der Waals surface area contributed by atoms with Crippen molar-refractivity contribution in [3.63, 3.8) is 0 Å². The summed E-state index contributed by atoms with van der Waals surface area (Å²) in [4.78, 5) is 6.53. The number of phenolic OH excluding ortho intramolecular Hbond substituents is 1. The van der Waals surface area contributed by atoms with E-state index in [9.17, 15) is 13.9 Å². The molecule has 3 N–H and O–H groups in total. The summed E-state index contributed by atoms with van der Waals surface area (Å²) in [7, 11) is 4.70. The topological polar surface area (TPSA) is 78.4 Å². The van der Waals surface area contributed by atoms with Crippen molar-refractivity contribution in [1.29, 1.82) is 0 Å². The molecule has 2 aromatic rings. The standard InChI is InChI=1S/C23H30F2N4O3.HI/c1-26-23(27-13-16-11-20(31-2)22(30)21(12-16)32-3)28-17-6-8-29(9-7-17)14-15-4-5-18(24)19(25)10-15;/h4-5,10-12,17,30H,6-9,13-14H2,1-3H3,(H2,26,27,28);1H. The molecule has 1 aliphatic rings. The molecule has 0 saturated carbocycles. The van der Waals surface area contributed by atoms with Gasteiger partial charge in [0.2, 0.25) is 5.75 Å². The fraction of sp³-hybridized carbons (Fsp3) is 0.435. The van der Waals surface area contributed by atoms with Gasteiger partial charge in [0, 0.05) is 39.3 Å². The molecule has 33 heavy (non-hydrogen) atoms. The van der Waals surface area contributed by atoms with Crippen molar-refractivity contribution in [3.8, 4) is 17.2 Å². The van der Waals surface area contributed by atoms with E-state index >= 15 is 0 Å². The van der Waals surface area contributed by atoms with Crippen molar-refractivity contribution < 1.29 is 23.4 Å². The quantitative estimate of drug-likeness (QED) is 0.266. The van der Waals surface area contributed by atoms with Crippen LogP contribution in [0.4, 0.5) is 8.78 Å². The molecule has 182 valence electrons. The van der Waals surface area contributed by atoms with Crippen molar-refractivity contribution in [2.75, 3.05) is 34.4 Å². The Hall–Kier alpha value is -2.34. The lowest BCUT2D eigenvalue weighted by molar-refractivity contribution is 0.198. The van der Waals surface area contributed by atoms with Crippen molar-refractivity contribution >= 4 is 29.9 Å². The number of hydrogen-bond acceptors (Lipinski definition) is 5. The van der Waals surface area contributed by atoms with E-state index in [-0.39, 0.29) is 35.8 Å². The van der Waals surface area contributed by atoms with Crippen molar-refractivity contribution in [1.82, 2.24) is 15.5 Å². The first kappa shape index (κ1) is 26.9. The predicted octanol–water partition coefficient (Wildman–Crippen LogP) is 3.64. The maximum Gasteiger partial charge on any atom is 0.200 e. The van der Waals surface area contributed by atoms with Gasteiger partial charge in [0.1, 0.15) is 0 Å². The van der Waals surface area contributed by atoms with Crippen LogP contribution >= 0.6 is 24.0 Å². The Kier molecular flexibility index (Phi) is 10.4. The summed E-state index contributed by atoms with van der Waals surface area (Å²) in [5, 5.41) is 16.8. The molecule has 1 fully saturated rings. The zero-order valence-electron chi connectivity index (χ0n) is 19.0. The van der Waals surface area contributed by atoms with E-state index in [1.165, 1.54) is 26.4 Å². The minimum Gasteiger partial charge on any atom is -0.502 e. The molecule has 1 aliphatic heterocycles. The minimum atomic E-state index is -0.820. The summed E-state index contributed by atoms with van der Waals surface area (Å²) >= 11 is 0. The number of aromatic hydroxyl groups is 1. The highest BCUT2D eigenvalue weighted by Gasteiger charge is 2.20. The summed E-state index contributed by atoms with van der Waals surface area (Å²) in [6.45, 7) is 2.77. The third-order valence-electron chi connectivity index (χ3n) is 5.54. The number of aliphatic imine (C=N–C) groups is 1. The Bertz CT molecular complexity index is 928. The van der Waals surface area contributed by atoms with Crippen LogP contribution in [0.25, 0.3) is 0 Å². The molecule has 2 aromatic carbocycles. The molecule has 0 aliphatic carbocycles. The third kappa shape index (κ3) is 7.32. The van der Waals surface area contributed by atoms with E-state index in [2.05, 4.69) is 20.5 Å². The summed E-state index contributed by atoms with van der Waals surface area (Å²) in [5.74, 6) is -0.293. The average molecular weight is 576 g/mol. The molecular weight excluding hydrogens is 545 g/mol. The van der Waals surface area contributed by atoms with E-state index in [4.69, 9.17) is 9.47 Å². The normalized spacial score (nSPS) is 15.0. The maximum atomic E-state index is 13.4. The van der Waals surface area contributed by atoms with Crippen LogP contribution in [0.3, 0.4) is 0 Å². The number of rotatable bonds is 7. The number of benzene rings is 2. The van der Waals surface area contributed by atoms with Gasteiger partial charge < -0.3 is 25.2 Å². The molecule has 0 bridgehead atoms. The van der Waals surface area contributed by atoms with Gasteiger partial charge in [-0.1, -0.05) is 6.07 Å². The molecule has 7 nitrogen and oxygen atoms in total. The molecule has 0 atom stereocenters. The van der Waals surface area contributed by atoms with Gasteiger partial charge in [-0.25, -0.2) is 8.78 Å². The number of hydrogen-bond donors (Lipinski definition) is 3. The zero-order valence-corrected chi connectivity index (χ0v) is 21.4. The van der Waals surface area contributed by atoms with E-state index in [1.807, 2.05) is 0 Å². The first-order valence-corrected chi connectivity index (χ1v) is 10.5. The van der Waals surface area contributed by atoms with E-state index < -0.39 is 11.6 Å².